The van der Waals surface area contributed by atoms with E-state index in [-0.39, 0.29) is 14.7 Å². The number of nitro groups is 1. The minimum atomic E-state index is -1.46. The van der Waals surface area contributed by atoms with Gasteiger partial charge in [0, 0.05) is 17.3 Å². The lowest BCUT2D eigenvalue weighted by Gasteiger charge is -2.51. The van der Waals surface area contributed by atoms with Gasteiger partial charge in [0.1, 0.15) is 0 Å². The molecule has 3 nitrogen and oxygen atoms in total. The van der Waals surface area contributed by atoms with Crippen molar-refractivity contribution in [3.8, 4) is 0 Å². The van der Waals surface area contributed by atoms with Gasteiger partial charge in [0.15, 0.2) is 0 Å². The molecule has 0 spiro atoms. The van der Waals surface area contributed by atoms with Gasteiger partial charge in [-0.1, -0.05) is 26.1 Å². The average Bonchev–Trinajstić information content (AvgIpc) is 2.38. The highest BCUT2D eigenvalue weighted by atomic mass is 32.2. The molecule has 2 atom stereocenters. The standard InChI is InChI=1S/C13H25NO2S2Si/c1-19(2,3)13(17-9-6-10-18-13)11-7-4-5-8-12(11)14(15)16/h11-12H,4-10H2,1-3H3/t11?,12-/m1/s1. The Balaban J connectivity index is 2.33. The SMILES string of the molecule is C[Si](C)(C)C1(C2CCCC[C@H]2[N+](=O)[O-])SCCCS1. The van der Waals surface area contributed by atoms with Crippen molar-refractivity contribution < 1.29 is 4.92 Å². The zero-order valence-corrected chi connectivity index (χ0v) is 14.8. The van der Waals surface area contributed by atoms with Gasteiger partial charge in [0.25, 0.3) is 0 Å². The smallest absolute Gasteiger partial charge is 0.217 e. The van der Waals surface area contributed by atoms with Crippen LogP contribution in [0, 0.1) is 16.0 Å². The highest BCUT2D eigenvalue weighted by molar-refractivity contribution is 8.21. The summed E-state index contributed by atoms with van der Waals surface area (Å²) >= 11 is 4.13. The predicted octanol–water partition coefficient (Wildman–Crippen LogP) is 4.27. The van der Waals surface area contributed by atoms with E-state index in [9.17, 15) is 10.1 Å². The van der Waals surface area contributed by atoms with Crippen molar-refractivity contribution in [1.82, 2.24) is 0 Å². The molecular formula is C13H25NO2S2Si. The predicted molar refractivity (Wildman–Crippen MR) is 88.4 cm³/mol. The summed E-state index contributed by atoms with van der Waals surface area (Å²) in [6, 6.07) is -0.293. The maximum atomic E-state index is 11.5. The van der Waals surface area contributed by atoms with Crippen LogP contribution in [0.5, 0.6) is 0 Å². The van der Waals surface area contributed by atoms with Crippen LogP contribution in [0.2, 0.25) is 19.6 Å². The molecule has 2 rings (SSSR count). The van der Waals surface area contributed by atoms with Crippen LogP contribution in [0.3, 0.4) is 0 Å². The van der Waals surface area contributed by atoms with E-state index in [0.29, 0.717) is 5.92 Å². The lowest BCUT2D eigenvalue weighted by atomic mass is 9.85. The van der Waals surface area contributed by atoms with Crippen LogP contribution < -0.4 is 0 Å². The molecule has 2 aliphatic rings. The first-order valence-electron chi connectivity index (χ1n) is 7.30. The fourth-order valence-electron chi connectivity index (χ4n) is 3.56. The first-order valence-corrected chi connectivity index (χ1v) is 12.8. The van der Waals surface area contributed by atoms with Gasteiger partial charge >= 0.3 is 0 Å². The van der Waals surface area contributed by atoms with Crippen molar-refractivity contribution >= 4 is 31.6 Å². The third-order valence-electron chi connectivity index (χ3n) is 4.46. The monoisotopic (exact) mass is 319 g/mol. The van der Waals surface area contributed by atoms with Crippen molar-refractivity contribution in [2.24, 2.45) is 5.92 Å². The van der Waals surface area contributed by atoms with Crippen LogP contribution >= 0.6 is 23.5 Å². The molecule has 1 aliphatic carbocycles. The van der Waals surface area contributed by atoms with Crippen molar-refractivity contribution in [2.75, 3.05) is 11.5 Å². The van der Waals surface area contributed by atoms with Crippen LogP contribution in [0.15, 0.2) is 0 Å². The van der Waals surface area contributed by atoms with Gasteiger partial charge in [-0.3, -0.25) is 10.1 Å². The molecular weight excluding hydrogens is 294 g/mol. The minimum absolute atomic E-state index is 0.0292. The Kier molecular flexibility index (Phi) is 4.94. The number of rotatable bonds is 3. The molecule has 0 N–H and O–H groups in total. The first-order chi connectivity index (χ1) is 8.88. The Morgan fingerprint density at radius 2 is 1.68 bits per heavy atom. The van der Waals surface area contributed by atoms with Gasteiger partial charge in [-0.2, -0.15) is 0 Å². The lowest BCUT2D eigenvalue weighted by Crippen LogP contribution is -2.58. The van der Waals surface area contributed by atoms with Crippen LogP contribution in [-0.4, -0.2) is 34.2 Å². The number of hydrogen-bond donors (Lipinski definition) is 0. The summed E-state index contributed by atoms with van der Waals surface area (Å²) in [6.07, 6.45) is 5.35. The molecule has 2 fully saturated rings. The molecule has 0 aromatic rings. The summed E-state index contributed by atoms with van der Waals surface area (Å²) in [5.41, 5.74) is 0. The molecule has 1 aliphatic heterocycles. The maximum absolute atomic E-state index is 11.5. The number of thioether (sulfide) groups is 2. The summed E-state index contributed by atoms with van der Waals surface area (Å²) in [6.45, 7) is 7.22. The third kappa shape index (κ3) is 3.00. The summed E-state index contributed by atoms with van der Waals surface area (Å²) in [4.78, 5) is 11.5. The zero-order valence-electron chi connectivity index (χ0n) is 12.2. The Hall–Kier alpha value is 0.317. The molecule has 0 aromatic carbocycles. The highest BCUT2D eigenvalue weighted by Crippen LogP contribution is 2.56. The van der Waals surface area contributed by atoms with E-state index < -0.39 is 8.07 Å². The average molecular weight is 320 g/mol. The second-order valence-electron chi connectivity index (χ2n) is 6.71. The number of hydrogen-bond acceptors (Lipinski definition) is 4. The van der Waals surface area contributed by atoms with Crippen LogP contribution in [0.1, 0.15) is 32.1 Å². The Labute approximate surface area is 125 Å². The maximum Gasteiger partial charge on any atom is 0.217 e. The zero-order chi connectivity index (χ0) is 14.1. The molecule has 19 heavy (non-hydrogen) atoms. The van der Waals surface area contributed by atoms with Crippen molar-refractivity contribution in [3.63, 3.8) is 0 Å². The summed E-state index contributed by atoms with van der Waals surface area (Å²) in [5, 5.41) is 11.5. The molecule has 6 heteroatoms. The summed E-state index contributed by atoms with van der Waals surface area (Å²) in [7, 11) is -1.46. The molecule has 1 heterocycles. The van der Waals surface area contributed by atoms with Crippen molar-refractivity contribution in [1.29, 1.82) is 0 Å². The fourth-order valence-corrected chi connectivity index (χ4v) is 12.3. The molecule has 1 saturated carbocycles. The first kappa shape index (κ1) is 15.7. The van der Waals surface area contributed by atoms with E-state index in [1.54, 1.807) is 0 Å². The van der Waals surface area contributed by atoms with Gasteiger partial charge in [-0.25, -0.2) is 0 Å². The van der Waals surface area contributed by atoms with Crippen LogP contribution in [-0.2, 0) is 0 Å². The van der Waals surface area contributed by atoms with Gasteiger partial charge in [-0.05, 0) is 30.8 Å². The lowest BCUT2D eigenvalue weighted by molar-refractivity contribution is -0.535. The molecule has 0 amide bonds. The Morgan fingerprint density at radius 3 is 2.21 bits per heavy atom. The quantitative estimate of drug-likeness (QED) is 0.443. The van der Waals surface area contributed by atoms with E-state index in [0.717, 1.165) is 19.3 Å². The van der Waals surface area contributed by atoms with Gasteiger partial charge < -0.3 is 0 Å². The second-order valence-corrected chi connectivity index (χ2v) is 15.7. The van der Waals surface area contributed by atoms with Gasteiger partial charge in [-0.15, -0.1) is 23.5 Å². The molecule has 1 unspecified atom stereocenters. The topological polar surface area (TPSA) is 43.1 Å². The fraction of sp³-hybridized carbons (Fsp3) is 1.00. The van der Waals surface area contributed by atoms with Crippen LogP contribution in [0.4, 0.5) is 0 Å². The molecule has 110 valence electrons. The Morgan fingerprint density at radius 1 is 1.11 bits per heavy atom. The third-order valence-corrected chi connectivity index (χ3v) is 14.6. The van der Waals surface area contributed by atoms with Gasteiger partial charge in [0.05, 0.1) is 11.8 Å². The highest BCUT2D eigenvalue weighted by Gasteiger charge is 2.56. The van der Waals surface area contributed by atoms with E-state index >= 15 is 0 Å². The molecule has 0 radical (unpaired) electrons. The largest absolute Gasteiger partial charge is 0.264 e. The van der Waals surface area contributed by atoms with E-state index in [4.69, 9.17) is 0 Å². The second kappa shape index (κ2) is 5.98. The van der Waals surface area contributed by atoms with Crippen LogP contribution in [0.25, 0.3) is 0 Å². The molecule has 1 saturated heterocycles. The molecule has 0 bridgehead atoms. The normalized spacial score (nSPS) is 31.9. The molecule has 0 aromatic heterocycles. The summed E-state index contributed by atoms with van der Waals surface area (Å²) < 4.78 is 0.170. The van der Waals surface area contributed by atoms with Gasteiger partial charge in [0.2, 0.25) is 6.04 Å². The summed E-state index contributed by atoms with van der Waals surface area (Å²) in [5.74, 6) is 2.68. The number of nitrogens with zero attached hydrogens (tertiary/aromatic N) is 1. The van der Waals surface area contributed by atoms with E-state index in [1.165, 1.54) is 24.3 Å². The van der Waals surface area contributed by atoms with Crippen molar-refractivity contribution in [3.05, 3.63) is 10.1 Å². The Bertz CT molecular complexity index is 340. The minimum Gasteiger partial charge on any atom is -0.264 e. The van der Waals surface area contributed by atoms with Crippen molar-refractivity contribution in [2.45, 2.75) is 61.5 Å². The van der Waals surface area contributed by atoms with E-state index in [2.05, 4.69) is 43.2 Å². The van der Waals surface area contributed by atoms with E-state index in [1.807, 2.05) is 0 Å².